The van der Waals surface area contributed by atoms with Crippen LogP contribution >= 0.6 is 0 Å². The van der Waals surface area contributed by atoms with Gasteiger partial charge in [-0.05, 0) is 19.3 Å². The fraction of sp³-hybridized carbons (Fsp3) is 0.962. The van der Waals surface area contributed by atoms with E-state index in [0.717, 1.165) is 32.1 Å². The van der Waals surface area contributed by atoms with Crippen molar-refractivity contribution in [3.05, 3.63) is 0 Å². The van der Waals surface area contributed by atoms with Crippen molar-refractivity contribution in [3.8, 4) is 0 Å². The van der Waals surface area contributed by atoms with Crippen LogP contribution in [0, 0.1) is 0 Å². The maximum absolute atomic E-state index is 11.2. The minimum atomic E-state index is -0.0885. The zero-order valence-corrected chi connectivity index (χ0v) is 19.5. The molecule has 28 heavy (non-hydrogen) atoms. The summed E-state index contributed by atoms with van der Waals surface area (Å²) in [6, 6.07) is 0. The number of rotatable bonds is 23. The van der Waals surface area contributed by atoms with Gasteiger partial charge < -0.3 is 5.11 Å². The number of aliphatic hydroxyl groups excluding tert-OH is 1. The minimum absolute atomic E-state index is 0.0885. The Hall–Kier alpha value is -0.370. The number of hydrogen-bond acceptors (Lipinski definition) is 2. The van der Waals surface area contributed by atoms with Crippen LogP contribution in [0.4, 0.5) is 0 Å². The molecule has 0 aromatic heterocycles. The molecule has 0 rings (SSSR count). The molecule has 0 bridgehead atoms. The van der Waals surface area contributed by atoms with Gasteiger partial charge in [-0.25, -0.2) is 0 Å². The first-order chi connectivity index (χ1) is 13.7. The van der Waals surface area contributed by atoms with E-state index in [1.54, 1.807) is 0 Å². The zero-order valence-electron chi connectivity index (χ0n) is 19.5. The van der Waals surface area contributed by atoms with Gasteiger partial charge in [0.15, 0.2) is 0 Å². The van der Waals surface area contributed by atoms with Gasteiger partial charge in [-0.3, -0.25) is 4.79 Å². The molecule has 0 fully saturated rings. The normalized spacial score (nSPS) is 12.4. The van der Waals surface area contributed by atoms with Gasteiger partial charge in [-0.1, -0.05) is 123 Å². The Morgan fingerprint density at radius 1 is 0.571 bits per heavy atom. The first kappa shape index (κ1) is 27.6. The van der Waals surface area contributed by atoms with Crippen LogP contribution in [0.3, 0.4) is 0 Å². The van der Waals surface area contributed by atoms with Crippen LogP contribution in [0.25, 0.3) is 0 Å². The summed E-state index contributed by atoms with van der Waals surface area (Å²) in [6.07, 6.45) is 27.1. The quantitative estimate of drug-likeness (QED) is 0.176. The average Bonchev–Trinajstić information content (AvgIpc) is 2.70. The third kappa shape index (κ3) is 21.9. The maximum Gasteiger partial charge on any atom is 0.132 e. The third-order valence-corrected chi connectivity index (χ3v) is 6.03. The Morgan fingerprint density at radius 2 is 0.929 bits per heavy atom. The number of carbonyl (C=O) groups excluding carboxylic acids is 1. The summed E-state index contributed by atoms with van der Waals surface area (Å²) in [5.41, 5.74) is 0. The van der Waals surface area contributed by atoms with Crippen molar-refractivity contribution in [1.29, 1.82) is 0 Å². The molecule has 0 amide bonds. The van der Waals surface area contributed by atoms with Crippen molar-refractivity contribution in [2.24, 2.45) is 0 Å². The second-order valence-corrected chi connectivity index (χ2v) is 8.88. The van der Waals surface area contributed by atoms with Gasteiger partial charge in [0.1, 0.15) is 5.78 Å². The molecule has 0 radical (unpaired) electrons. The van der Waals surface area contributed by atoms with Crippen LogP contribution in [0.1, 0.15) is 155 Å². The SMILES string of the molecule is CCCCCCCCCCCCCCC[C@H](O)CCCCCCCC(=O)CC. The van der Waals surface area contributed by atoms with Crippen molar-refractivity contribution < 1.29 is 9.90 Å². The van der Waals surface area contributed by atoms with Gasteiger partial charge in [0.25, 0.3) is 0 Å². The van der Waals surface area contributed by atoms with Gasteiger partial charge in [-0.15, -0.1) is 0 Å². The van der Waals surface area contributed by atoms with Crippen molar-refractivity contribution in [3.63, 3.8) is 0 Å². The molecule has 0 aliphatic heterocycles. The molecule has 0 saturated heterocycles. The van der Waals surface area contributed by atoms with E-state index in [-0.39, 0.29) is 6.10 Å². The Bertz CT molecular complexity index is 314. The lowest BCUT2D eigenvalue weighted by molar-refractivity contribution is -0.118. The molecule has 0 unspecified atom stereocenters. The van der Waals surface area contributed by atoms with Crippen LogP contribution < -0.4 is 0 Å². The molecule has 2 nitrogen and oxygen atoms in total. The van der Waals surface area contributed by atoms with Gasteiger partial charge in [0.2, 0.25) is 0 Å². The predicted octanol–water partition coefficient (Wildman–Crippen LogP) is 8.54. The summed E-state index contributed by atoms with van der Waals surface area (Å²) >= 11 is 0. The molecule has 168 valence electrons. The molecule has 0 aliphatic carbocycles. The summed E-state index contributed by atoms with van der Waals surface area (Å²) in [6.45, 7) is 4.23. The molecule has 0 aliphatic rings. The summed E-state index contributed by atoms with van der Waals surface area (Å²) < 4.78 is 0. The van der Waals surface area contributed by atoms with Gasteiger partial charge in [-0.2, -0.15) is 0 Å². The highest BCUT2D eigenvalue weighted by Crippen LogP contribution is 2.15. The number of unbranched alkanes of at least 4 members (excludes halogenated alkanes) is 16. The van der Waals surface area contributed by atoms with E-state index in [9.17, 15) is 9.90 Å². The van der Waals surface area contributed by atoms with E-state index in [1.807, 2.05) is 6.92 Å². The smallest absolute Gasteiger partial charge is 0.132 e. The van der Waals surface area contributed by atoms with E-state index >= 15 is 0 Å². The predicted molar refractivity (Wildman–Crippen MR) is 124 cm³/mol. The molecule has 2 heteroatoms. The van der Waals surface area contributed by atoms with Gasteiger partial charge >= 0.3 is 0 Å². The lowest BCUT2D eigenvalue weighted by atomic mass is 10.0. The molecule has 0 heterocycles. The number of ketones is 1. The minimum Gasteiger partial charge on any atom is -0.393 e. The van der Waals surface area contributed by atoms with Gasteiger partial charge in [0, 0.05) is 12.8 Å². The number of aliphatic hydroxyl groups is 1. The summed E-state index contributed by atoms with van der Waals surface area (Å²) in [5.74, 6) is 0.397. The highest BCUT2D eigenvalue weighted by Gasteiger charge is 2.04. The first-order valence-electron chi connectivity index (χ1n) is 12.9. The molecular formula is C26H52O2. The van der Waals surface area contributed by atoms with Crippen LogP contribution in [0.2, 0.25) is 0 Å². The van der Waals surface area contributed by atoms with E-state index < -0.39 is 0 Å². The monoisotopic (exact) mass is 396 g/mol. The molecule has 1 atom stereocenters. The fourth-order valence-corrected chi connectivity index (χ4v) is 3.95. The van der Waals surface area contributed by atoms with E-state index in [2.05, 4.69) is 6.92 Å². The number of carbonyl (C=O) groups is 1. The zero-order chi connectivity index (χ0) is 20.7. The molecule has 0 spiro atoms. The molecule has 0 aromatic rings. The third-order valence-electron chi connectivity index (χ3n) is 6.03. The Balaban J connectivity index is 3.17. The molecule has 1 N–H and O–H groups in total. The fourth-order valence-electron chi connectivity index (χ4n) is 3.95. The second kappa shape index (κ2) is 22.9. The second-order valence-electron chi connectivity index (χ2n) is 8.88. The lowest BCUT2D eigenvalue weighted by Crippen LogP contribution is -2.05. The van der Waals surface area contributed by atoms with Crippen LogP contribution in [-0.2, 0) is 4.79 Å². The summed E-state index contributed by atoms with van der Waals surface area (Å²) in [4.78, 5) is 11.2. The lowest BCUT2D eigenvalue weighted by Gasteiger charge is -2.10. The highest BCUT2D eigenvalue weighted by atomic mass is 16.3. The number of hydrogen-bond donors (Lipinski definition) is 1. The first-order valence-corrected chi connectivity index (χ1v) is 12.9. The van der Waals surface area contributed by atoms with E-state index in [4.69, 9.17) is 0 Å². The standard InChI is InChI=1S/C26H52O2/c1-3-5-6-7-8-9-10-11-12-13-14-16-20-23-26(28)24-21-18-15-17-19-22-25(27)4-2/h26,28H,3-24H2,1-2H3/t26-/m0/s1. The Kier molecular flexibility index (Phi) is 22.6. The summed E-state index contributed by atoms with van der Waals surface area (Å²) in [7, 11) is 0. The average molecular weight is 397 g/mol. The Labute approximate surface area is 177 Å². The molecule has 0 aromatic carbocycles. The largest absolute Gasteiger partial charge is 0.393 e. The van der Waals surface area contributed by atoms with Crippen molar-refractivity contribution >= 4 is 5.78 Å². The van der Waals surface area contributed by atoms with Crippen LogP contribution in [-0.4, -0.2) is 17.0 Å². The highest BCUT2D eigenvalue weighted by molar-refractivity contribution is 5.77. The molecule has 0 saturated carbocycles. The molecular weight excluding hydrogens is 344 g/mol. The topological polar surface area (TPSA) is 37.3 Å². The maximum atomic E-state index is 11.2. The van der Waals surface area contributed by atoms with Crippen LogP contribution in [0.5, 0.6) is 0 Å². The van der Waals surface area contributed by atoms with Gasteiger partial charge in [0.05, 0.1) is 6.10 Å². The van der Waals surface area contributed by atoms with E-state index in [0.29, 0.717) is 12.2 Å². The van der Waals surface area contributed by atoms with Crippen molar-refractivity contribution in [2.45, 2.75) is 161 Å². The Morgan fingerprint density at radius 3 is 1.32 bits per heavy atom. The van der Waals surface area contributed by atoms with E-state index in [1.165, 1.54) is 103 Å². The number of Topliss-reactive ketones (excluding diaryl/α,β-unsaturated/α-hetero) is 1. The van der Waals surface area contributed by atoms with Crippen molar-refractivity contribution in [1.82, 2.24) is 0 Å². The van der Waals surface area contributed by atoms with Crippen LogP contribution in [0.15, 0.2) is 0 Å². The van der Waals surface area contributed by atoms with Crippen molar-refractivity contribution in [2.75, 3.05) is 0 Å². The summed E-state index contributed by atoms with van der Waals surface area (Å²) in [5, 5.41) is 10.1.